The van der Waals surface area contributed by atoms with Crippen molar-refractivity contribution in [2.45, 2.75) is 0 Å². The van der Waals surface area contributed by atoms with E-state index in [0.29, 0.717) is 39.7 Å². The molecular weight excluding hydrogens is 410 g/mol. The lowest BCUT2D eigenvalue weighted by Gasteiger charge is -2.29. The third-order valence-electron chi connectivity index (χ3n) is 5.05. The number of nitrogens with one attached hydrogen (secondary N) is 2. The summed E-state index contributed by atoms with van der Waals surface area (Å²) in [6.07, 6.45) is 0. The minimum absolute atomic E-state index is 0.0619. The maximum Gasteiger partial charge on any atom is 0.258 e. The van der Waals surface area contributed by atoms with Crippen LogP contribution in [0.4, 0.5) is 17.1 Å². The molecule has 1 heterocycles. The molecule has 8 heteroatoms. The second kappa shape index (κ2) is 8.81. The van der Waals surface area contributed by atoms with Gasteiger partial charge in [-0.15, -0.1) is 0 Å². The summed E-state index contributed by atoms with van der Waals surface area (Å²) in [5.41, 5.74) is 2.56. The summed E-state index contributed by atoms with van der Waals surface area (Å²) in [6, 6.07) is 18.5. The van der Waals surface area contributed by atoms with Gasteiger partial charge in [-0.05, 0) is 54.6 Å². The van der Waals surface area contributed by atoms with Crippen LogP contribution in [0.25, 0.3) is 0 Å². The highest BCUT2D eigenvalue weighted by atomic mass is 16.5. The van der Waals surface area contributed by atoms with E-state index in [1.165, 1.54) is 19.1 Å². The molecule has 0 fully saturated rings. The van der Waals surface area contributed by atoms with Crippen LogP contribution in [0, 0.1) is 0 Å². The lowest BCUT2D eigenvalue weighted by atomic mass is 10.1. The van der Waals surface area contributed by atoms with Gasteiger partial charge in [-0.3, -0.25) is 19.3 Å². The van der Waals surface area contributed by atoms with Crippen LogP contribution in [0.3, 0.4) is 0 Å². The molecule has 3 aromatic carbocycles. The van der Waals surface area contributed by atoms with Crippen LogP contribution in [0.15, 0.2) is 66.7 Å². The molecule has 162 valence electrons. The molecule has 0 bridgehead atoms. The largest absolute Gasteiger partial charge is 0.493 e. The number of nitrogens with zero attached hydrogens (tertiary/aromatic N) is 1. The molecule has 0 spiro atoms. The van der Waals surface area contributed by atoms with Crippen molar-refractivity contribution in [2.24, 2.45) is 0 Å². The van der Waals surface area contributed by atoms with Crippen LogP contribution < -0.4 is 25.0 Å². The van der Waals surface area contributed by atoms with Crippen LogP contribution in [0.5, 0.6) is 11.5 Å². The Kier molecular flexibility index (Phi) is 5.76. The molecule has 0 unspecified atom stereocenters. The maximum atomic E-state index is 13.0. The van der Waals surface area contributed by atoms with E-state index in [1.807, 2.05) is 6.07 Å². The molecule has 0 atom stereocenters. The fraction of sp³-hybridized carbons (Fsp3) is 0.125. The molecule has 8 nitrogen and oxygen atoms in total. The fourth-order valence-electron chi connectivity index (χ4n) is 3.45. The lowest BCUT2D eigenvalue weighted by Crippen LogP contribution is -2.42. The van der Waals surface area contributed by atoms with E-state index >= 15 is 0 Å². The summed E-state index contributed by atoms with van der Waals surface area (Å²) < 4.78 is 10.4. The van der Waals surface area contributed by atoms with Crippen molar-refractivity contribution in [3.63, 3.8) is 0 Å². The van der Waals surface area contributed by atoms with Crippen molar-refractivity contribution in [1.82, 2.24) is 0 Å². The van der Waals surface area contributed by atoms with Gasteiger partial charge in [0.05, 0.1) is 25.6 Å². The molecule has 2 N–H and O–H groups in total. The first-order chi connectivity index (χ1) is 15.5. The van der Waals surface area contributed by atoms with Gasteiger partial charge in [0.2, 0.25) is 5.91 Å². The number of methoxy groups -OCH3 is 2. The molecule has 1 aliphatic rings. The molecule has 0 aliphatic carbocycles. The van der Waals surface area contributed by atoms with Gasteiger partial charge in [-0.1, -0.05) is 12.1 Å². The Morgan fingerprint density at radius 1 is 0.906 bits per heavy atom. The maximum absolute atomic E-state index is 13.0. The van der Waals surface area contributed by atoms with Gasteiger partial charge in [0.15, 0.2) is 11.5 Å². The summed E-state index contributed by atoms with van der Waals surface area (Å²) in [7, 11) is 3.02. The highest BCUT2D eigenvalue weighted by Gasteiger charge is 2.27. The minimum Gasteiger partial charge on any atom is -0.493 e. The predicted octanol–water partition coefficient (Wildman–Crippen LogP) is 3.56. The number of anilines is 3. The van der Waals surface area contributed by atoms with E-state index in [0.717, 1.165) is 0 Å². The van der Waals surface area contributed by atoms with Crippen molar-refractivity contribution < 1.29 is 23.9 Å². The van der Waals surface area contributed by atoms with Crippen LogP contribution >= 0.6 is 0 Å². The van der Waals surface area contributed by atoms with E-state index in [9.17, 15) is 14.4 Å². The number of para-hydroxylation sites is 2. The third kappa shape index (κ3) is 4.11. The highest BCUT2D eigenvalue weighted by molar-refractivity contribution is 6.15. The second-order valence-corrected chi connectivity index (χ2v) is 7.06. The molecule has 0 saturated carbocycles. The molecule has 4 rings (SSSR count). The van der Waals surface area contributed by atoms with Gasteiger partial charge in [-0.25, -0.2) is 0 Å². The normalized spacial score (nSPS) is 12.4. The number of amides is 3. The summed E-state index contributed by atoms with van der Waals surface area (Å²) in [6.45, 7) is -0.0619. The molecule has 0 radical (unpaired) electrons. The van der Waals surface area contributed by atoms with Crippen molar-refractivity contribution >= 4 is 34.8 Å². The van der Waals surface area contributed by atoms with Gasteiger partial charge >= 0.3 is 0 Å². The Balaban J connectivity index is 1.50. The van der Waals surface area contributed by atoms with Gasteiger partial charge in [0, 0.05) is 16.8 Å². The fourth-order valence-corrected chi connectivity index (χ4v) is 3.45. The first kappa shape index (κ1) is 20.9. The zero-order chi connectivity index (χ0) is 22.7. The topological polar surface area (TPSA) is 97.0 Å². The molecular formula is C24H21N3O5. The van der Waals surface area contributed by atoms with Crippen LogP contribution in [0.2, 0.25) is 0 Å². The second-order valence-electron chi connectivity index (χ2n) is 7.06. The van der Waals surface area contributed by atoms with Crippen LogP contribution in [-0.2, 0) is 4.79 Å². The van der Waals surface area contributed by atoms with Crippen LogP contribution in [-0.4, -0.2) is 38.5 Å². The number of rotatable bonds is 5. The SMILES string of the molecule is COc1ccc(C(=O)Nc2ccc(C(=O)N3CC(=O)Nc4ccccc43)cc2)cc1OC. The molecule has 0 saturated heterocycles. The van der Waals surface area contributed by atoms with E-state index in [1.54, 1.807) is 60.7 Å². The van der Waals surface area contributed by atoms with Gasteiger partial charge in [0.1, 0.15) is 6.54 Å². The lowest BCUT2D eigenvalue weighted by molar-refractivity contribution is -0.115. The monoisotopic (exact) mass is 431 g/mol. The summed E-state index contributed by atoms with van der Waals surface area (Å²) >= 11 is 0. The zero-order valence-electron chi connectivity index (χ0n) is 17.5. The Bertz CT molecular complexity index is 1190. The molecule has 3 aromatic rings. The standard InChI is InChI=1S/C24H21N3O5/c1-31-20-12-9-16(13-21(20)32-2)23(29)25-17-10-7-15(8-11-17)24(30)27-14-22(28)26-18-5-3-4-6-19(18)27/h3-13H,14H2,1-2H3,(H,25,29)(H,26,28). The number of fused-ring (bicyclic) bond motifs is 1. The third-order valence-corrected chi connectivity index (χ3v) is 5.05. The van der Waals surface area contributed by atoms with E-state index < -0.39 is 0 Å². The molecule has 0 aromatic heterocycles. The number of carbonyl (C=O) groups excluding carboxylic acids is 3. The van der Waals surface area contributed by atoms with Gasteiger partial charge in [0.25, 0.3) is 11.8 Å². The predicted molar refractivity (Wildman–Crippen MR) is 121 cm³/mol. The van der Waals surface area contributed by atoms with E-state index in [4.69, 9.17) is 9.47 Å². The first-order valence-corrected chi connectivity index (χ1v) is 9.84. The summed E-state index contributed by atoms with van der Waals surface area (Å²) in [5.74, 6) is 0.0967. The summed E-state index contributed by atoms with van der Waals surface area (Å²) in [5, 5.41) is 5.55. The summed E-state index contributed by atoms with van der Waals surface area (Å²) in [4.78, 5) is 39.1. The smallest absolute Gasteiger partial charge is 0.258 e. The average Bonchev–Trinajstić information content (AvgIpc) is 2.83. The van der Waals surface area contributed by atoms with E-state index in [2.05, 4.69) is 10.6 Å². The van der Waals surface area contributed by atoms with Crippen molar-refractivity contribution in [2.75, 3.05) is 36.3 Å². The Labute approximate surface area is 184 Å². The van der Waals surface area contributed by atoms with Gasteiger partial charge in [-0.2, -0.15) is 0 Å². The number of ether oxygens (including phenoxy) is 2. The molecule has 32 heavy (non-hydrogen) atoms. The molecule has 1 aliphatic heterocycles. The Hall–Kier alpha value is -4.33. The van der Waals surface area contributed by atoms with E-state index in [-0.39, 0.29) is 24.3 Å². The quantitative estimate of drug-likeness (QED) is 0.644. The minimum atomic E-state index is -0.327. The number of hydrogen-bond acceptors (Lipinski definition) is 5. The number of carbonyl (C=O) groups is 3. The number of hydrogen-bond donors (Lipinski definition) is 2. The molecule has 3 amide bonds. The van der Waals surface area contributed by atoms with Crippen molar-refractivity contribution in [3.05, 3.63) is 77.9 Å². The van der Waals surface area contributed by atoms with Crippen LogP contribution in [0.1, 0.15) is 20.7 Å². The van der Waals surface area contributed by atoms with Crippen molar-refractivity contribution in [1.29, 1.82) is 0 Å². The Morgan fingerprint density at radius 2 is 1.59 bits per heavy atom. The first-order valence-electron chi connectivity index (χ1n) is 9.84. The Morgan fingerprint density at radius 3 is 2.31 bits per heavy atom. The highest BCUT2D eigenvalue weighted by Crippen LogP contribution is 2.30. The van der Waals surface area contributed by atoms with Gasteiger partial charge < -0.3 is 20.1 Å². The average molecular weight is 431 g/mol. The zero-order valence-corrected chi connectivity index (χ0v) is 17.5. The van der Waals surface area contributed by atoms with Crippen molar-refractivity contribution in [3.8, 4) is 11.5 Å². The number of benzene rings is 3.